The van der Waals surface area contributed by atoms with Gasteiger partial charge in [-0.3, -0.25) is 4.79 Å². The van der Waals surface area contributed by atoms with Crippen molar-refractivity contribution in [1.29, 1.82) is 0 Å². The Morgan fingerprint density at radius 3 is 2.46 bits per heavy atom. The topological polar surface area (TPSA) is 66.5 Å². The second kappa shape index (κ2) is 8.09. The van der Waals surface area contributed by atoms with Crippen LogP contribution in [0.5, 0.6) is 0 Å². The molecule has 1 aliphatic heterocycles. The van der Waals surface area contributed by atoms with E-state index in [1.165, 1.54) is 4.31 Å². The van der Waals surface area contributed by atoms with E-state index in [0.717, 1.165) is 12.1 Å². The molecule has 1 amide bonds. The van der Waals surface area contributed by atoms with Gasteiger partial charge in [-0.25, -0.2) is 17.2 Å². The highest BCUT2D eigenvalue weighted by Crippen LogP contribution is 2.26. The lowest BCUT2D eigenvalue weighted by Crippen LogP contribution is -2.41. The molecular weight excluding hydrogens is 386 g/mol. The summed E-state index contributed by atoms with van der Waals surface area (Å²) < 4.78 is 52.8. The first kappa shape index (κ1) is 20.0. The summed E-state index contributed by atoms with van der Waals surface area (Å²) in [5.74, 6) is -0.400. The summed E-state index contributed by atoms with van der Waals surface area (Å²) in [5, 5.41) is 2.79. The molecule has 8 heteroatoms. The monoisotopic (exact) mass is 404 g/mol. The molecule has 1 fully saturated rings. The minimum absolute atomic E-state index is 0.115. The van der Waals surface area contributed by atoms with Crippen LogP contribution in [0.15, 0.2) is 47.4 Å². The lowest BCUT2D eigenvalue weighted by molar-refractivity contribution is -0.120. The van der Waals surface area contributed by atoms with E-state index in [1.807, 2.05) is 0 Å². The van der Waals surface area contributed by atoms with Gasteiger partial charge in [-0.2, -0.15) is 4.31 Å². The Labute approximate surface area is 162 Å². The summed E-state index contributed by atoms with van der Waals surface area (Å²) in [4.78, 5) is 12.1. The Morgan fingerprint density at radius 2 is 1.82 bits per heavy atom. The zero-order valence-corrected chi connectivity index (χ0v) is 15.7. The first-order valence-corrected chi connectivity index (χ1v) is 10.1. The summed E-state index contributed by atoms with van der Waals surface area (Å²) in [6.45, 7) is 0.230. The van der Waals surface area contributed by atoms with E-state index in [-0.39, 0.29) is 29.8 Å². The van der Waals surface area contributed by atoms with Gasteiger partial charge in [0, 0.05) is 30.3 Å². The van der Waals surface area contributed by atoms with Crippen molar-refractivity contribution in [2.24, 2.45) is 5.92 Å². The van der Waals surface area contributed by atoms with E-state index in [0.29, 0.717) is 30.2 Å². The number of sulfonamides is 1. The number of nitrogens with zero attached hydrogens (tertiary/aromatic N) is 1. The number of carbonyl (C=O) groups excluding carboxylic acids is 1. The molecule has 1 aliphatic rings. The van der Waals surface area contributed by atoms with Gasteiger partial charge in [-0.1, -0.05) is 12.0 Å². The Bertz CT molecular complexity index is 1040. The number of nitrogens with one attached hydrogen (secondary N) is 1. The van der Waals surface area contributed by atoms with E-state index in [4.69, 9.17) is 6.42 Å². The first-order valence-electron chi connectivity index (χ1n) is 8.64. The van der Waals surface area contributed by atoms with Crippen molar-refractivity contribution in [3.63, 3.8) is 0 Å². The number of carbonyl (C=O) groups is 1. The summed E-state index contributed by atoms with van der Waals surface area (Å²) in [6, 6.07) is 9.38. The SMILES string of the molecule is C#Cc1cccc(NC(=O)C2CCN(S(=O)(=O)c3ccc(F)c(F)c3)CC2)c1. The molecule has 1 N–H and O–H groups in total. The minimum atomic E-state index is -3.95. The van der Waals surface area contributed by atoms with E-state index in [1.54, 1.807) is 24.3 Å². The summed E-state index contributed by atoms with van der Waals surface area (Å²) >= 11 is 0. The molecular formula is C20H18F2N2O3S. The Kier molecular flexibility index (Phi) is 5.77. The van der Waals surface area contributed by atoms with Crippen molar-refractivity contribution in [3.8, 4) is 12.3 Å². The average Bonchev–Trinajstić information content (AvgIpc) is 2.70. The van der Waals surface area contributed by atoms with Crippen LogP contribution in [0.3, 0.4) is 0 Å². The van der Waals surface area contributed by atoms with Gasteiger partial charge in [-0.05, 0) is 49.2 Å². The highest BCUT2D eigenvalue weighted by Gasteiger charge is 2.32. The molecule has 0 unspecified atom stereocenters. The van der Waals surface area contributed by atoms with Crippen molar-refractivity contribution in [1.82, 2.24) is 4.31 Å². The highest BCUT2D eigenvalue weighted by molar-refractivity contribution is 7.89. The first-order chi connectivity index (χ1) is 13.3. The standard InChI is InChI=1S/C20H18F2N2O3S/c1-2-14-4-3-5-16(12-14)23-20(25)15-8-10-24(11-9-15)28(26,27)17-6-7-18(21)19(22)13-17/h1,3-7,12-13,15H,8-11H2,(H,23,25). The molecule has 28 heavy (non-hydrogen) atoms. The van der Waals surface area contributed by atoms with Gasteiger partial charge in [0.05, 0.1) is 4.90 Å². The molecule has 1 saturated heterocycles. The van der Waals surface area contributed by atoms with Gasteiger partial charge in [0.15, 0.2) is 11.6 Å². The average molecular weight is 404 g/mol. The molecule has 0 saturated carbocycles. The summed E-state index contributed by atoms with van der Waals surface area (Å²) in [7, 11) is -3.95. The molecule has 0 atom stereocenters. The quantitative estimate of drug-likeness (QED) is 0.797. The van der Waals surface area contributed by atoms with Crippen LogP contribution in [0, 0.1) is 29.9 Å². The fourth-order valence-corrected chi connectivity index (χ4v) is 4.56. The summed E-state index contributed by atoms with van der Waals surface area (Å²) in [5.41, 5.74) is 1.22. The van der Waals surface area contributed by atoms with E-state index in [2.05, 4.69) is 11.2 Å². The largest absolute Gasteiger partial charge is 0.326 e. The van der Waals surface area contributed by atoms with Crippen molar-refractivity contribution < 1.29 is 22.0 Å². The molecule has 0 bridgehead atoms. The third-order valence-corrected chi connectivity index (χ3v) is 6.54. The predicted molar refractivity (Wildman–Crippen MR) is 101 cm³/mol. The molecule has 0 radical (unpaired) electrons. The van der Waals surface area contributed by atoms with Crippen molar-refractivity contribution in [2.75, 3.05) is 18.4 Å². The number of terminal acetylenes is 1. The number of amides is 1. The van der Waals surface area contributed by atoms with Crippen molar-refractivity contribution >= 4 is 21.6 Å². The number of halogens is 2. The molecule has 0 aliphatic carbocycles. The Balaban J connectivity index is 1.64. The van der Waals surface area contributed by atoms with Crippen LogP contribution in [0.25, 0.3) is 0 Å². The van der Waals surface area contributed by atoms with Gasteiger partial charge in [0.2, 0.25) is 15.9 Å². The fraction of sp³-hybridized carbons (Fsp3) is 0.250. The Morgan fingerprint density at radius 1 is 1.11 bits per heavy atom. The zero-order chi connectivity index (χ0) is 20.3. The van der Waals surface area contributed by atoms with Crippen LogP contribution < -0.4 is 5.32 Å². The second-order valence-corrected chi connectivity index (χ2v) is 8.41. The lowest BCUT2D eigenvalue weighted by atomic mass is 9.97. The number of piperidine rings is 1. The van der Waals surface area contributed by atoms with Gasteiger partial charge < -0.3 is 5.32 Å². The van der Waals surface area contributed by atoms with Gasteiger partial charge in [0.25, 0.3) is 0 Å². The van der Waals surface area contributed by atoms with Crippen LogP contribution >= 0.6 is 0 Å². The van der Waals surface area contributed by atoms with E-state index < -0.39 is 21.7 Å². The molecule has 5 nitrogen and oxygen atoms in total. The Hall–Kier alpha value is -2.76. The van der Waals surface area contributed by atoms with Gasteiger partial charge in [0.1, 0.15) is 0 Å². The lowest BCUT2D eigenvalue weighted by Gasteiger charge is -2.30. The zero-order valence-electron chi connectivity index (χ0n) is 14.9. The smallest absolute Gasteiger partial charge is 0.243 e. The molecule has 2 aromatic carbocycles. The second-order valence-electron chi connectivity index (χ2n) is 6.47. The molecule has 0 aromatic heterocycles. The predicted octanol–water partition coefficient (Wildman–Crippen LogP) is 2.99. The van der Waals surface area contributed by atoms with Crippen molar-refractivity contribution in [3.05, 3.63) is 59.7 Å². The number of hydrogen-bond donors (Lipinski definition) is 1. The number of hydrogen-bond acceptors (Lipinski definition) is 3. The number of anilines is 1. The number of benzene rings is 2. The fourth-order valence-electron chi connectivity index (χ4n) is 3.08. The van der Waals surface area contributed by atoms with Gasteiger partial charge >= 0.3 is 0 Å². The normalized spacial score (nSPS) is 15.8. The van der Waals surface area contributed by atoms with Gasteiger partial charge in [-0.15, -0.1) is 6.42 Å². The maximum absolute atomic E-state index is 13.4. The van der Waals surface area contributed by atoms with Crippen LogP contribution in [0.1, 0.15) is 18.4 Å². The van der Waals surface area contributed by atoms with Crippen LogP contribution in [0.4, 0.5) is 14.5 Å². The molecule has 0 spiro atoms. The molecule has 2 aromatic rings. The third-order valence-electron chi connectivity index (χ3n) is 4.65. The third kappa shape index (κ3) is 4.21. The number of rotatable bonds is 4. The highest BCUT2D eigenvalue weighted by atomic mass is 32.2. The van der Waals surface area contributed by atoms with E-state index in [9.17, 15) is 22.0 Å². The van der Waals surface area contributed by atoms with Crippen LogP contribution in [0.2, 0.25) is 0 Å². The molecule has 1 heterocycles. The van der Waals surface area contributed by atoms with E-state index >= 15 is 0 Å². The maximum atomic E-state index is 13.4. The molecule has 146 valence electrons. The van der Waals surface area contributed by atoms with Crippen LogP contribution in [-0.4, -0.2) is 31.7 Å². The maximum Gasteiger partial charge on any atom is 0.243 e. The molecule has 3 rings (SSSR count). The summed E-state index contributed by atoms with van der Waals surface area (Å²) in [6.07, 6.45) is 5.99. The van der Waals surface area contributed by atoms with Crippen LogP contribution in [-0.2, 0) is 14.8 Å². The van der Waals surface area contributed by atoms with Crippen molar-refractivity contribution in [2.45, 2.75) is 17.7 Å². The minimum Gasteiger partial charge on any atom is -0.326 e.